The highest BCUT2D eigenvalue weighted by Gasteiger charge is 2.50. The van der Waals surface area contributed by atoms with E-state index in [2.05, 4.69) is 5.32 Å². The molecule has 2 aliphatic rings. The number of rotatable bonds is 5. The van der Waals surface area contributed by atoms with Crippen LogP contribution in [0.25, 0.3) is 0 Å². The molecule has 2 fully saturated rings. The number of hydrogen-bond donors (Lipinski definition) is 1. The monoisotopic (exact) mass is 441 g/mol. The molecule has 31 heavy (non-hydrogen) atoms. The molecule has 0 radical (unpaired) electrons. The Labute approximate surface area is 180 Å². The molecule has 0 saturated carbocycles. The van der Waals surface area contributed by atoms with Crippen LogP contribution in [0, 0.1) is 0 Å². The second-order valence-electron chi connectivity index (χ2n) is 7.97. The van der Waals surface area contributed by atoms with Crippen molar-refractivity contribution in [3.63, 3.8) is 0 Å². The van der Waals surface area contributed by atoms with Crippen LogP contribution in [0.2, 0.25) is 0 Å². The maximum Gasteiger partial charge on any atom is 0.325 e. The second kappa shape index (κ2) is 7.81. The number of nitrogens with zero attached hydrogens (tertiary/aromatic N) is 2. The summed E-state index contributed by atoms with van der Waals surface area (Å²) in [5.74, 6) is -1.17. The van der Waals surface area contributed by atoms with E-state index in [1.54, 1.807) is 61.5 Å². The highest BCUT2D eigenvalue weighted by Crippen LogP contribution is 2.30. The molecule has 0 aromatic heterocycles. The average molecular weight is 442 g/mol. The third kappa shape index (κ3) is 3.93. The molecule has 2 atom stereocenters. The maximum atomic E-state index is 13.3. The molecule has 4 rings (SSSR count). The van der Waals surface area contributed by atoms with Crippen LogP contribution in [-0.4, -0.2) is 55.3 Å². The lowest BCUT2D eigenvalue weighted by Gasteiger charge is -2.30. The van der Waals surface area contributed by atoms with Crippen molar-refractivity contribution in [2.45, 2.75) is 24.9 Å². The molecule has 0 unspecified atom stereocenters. The van der Waals surface area contributed by atoms with Crippen LogP contribution >= 0.6 is 0 Å². The summed E-state index contributed by atoms with van der Waals surface area (Å²) in [6.07, 6.45) is 0.310. The predicted octanol–water partition coefficient (Wildman–Crippen LogP) is 1.67. The highest BCUT2D eigenvalue weighted by molar-refractivity contribution is 7.91. The van der Waals surface area contributed by atoms with Crippen molar-refractivity contribution in [3.05, 3.63) is 66.2 Å². The number of imide groups is 1. The Hall–Kier alpha value is -3.20. The SMILES string of the molecule is C[C@@]1(c2ccccc2)NC(=O)N(CC(=O)N(c2ccccc2)[C@H]2CCS(=O)(=O)C2)C1=O. The molecule has 9 heteroatoms. The number of para-hydroxylation sites is 1. The number of carbonyl (C=O) groups excluding carboxylic acids is 3. The normalized spacial score (nSPS) is 24.8. The largest absolute Gasteiger partial charge is 0.325 e. The summed E-state index contributed by atoms with van der Waals surface area (Å²) < 4.78 is 24.0. The first-order valence-corrected chi connectivity index (χ1v) is 11.8. The maximum absolute atomic E-state index is 13.3. The number of anilines is 1. The summed E-state index contributed by atoms with van der Waals surface area (Å²) in [6.45, 7) is 1.13. The molecule has 2 heterocycles. The lowest BCUT2D eigenvalue weighted by molar-refractivity contribution is -0.134. The standard InChI is InChI=1S/C22H23N3O5S/c1-22(16-8-4-2-5-9-16)20(27)24(21(28)23-22)14-19(26)25(17-10-6-3-7-11-17)18-12-13-31(29,30)15-18/h2-11,18H,12-15H2,1H3,(H,23,28)/t18-,22-/m0/s1. The molecule has 4 amide bonds. The van der Waals surface area contributed by atoms with Gasteiger partial charge in [-0.05, 0) is 31.0 Å². The Morgan fingerprint density at radius 2 is 1.71 bits per heavy atom. The number of carbonyl (C=O) groups is 3. The van der Waals surface area contributed by atoms with Crippen LogP contribution in [0.15, 0.2) is 60.7 Å². The molecule has 2 saturated heterocycles. The van der Waals surface area contributed by atoms with Gasteiger partial charge in [0.05, 0.1) is 17.5 Å². The molecule has 2 aliphatic heterocycles. The highest BCUT2D eigenvalue weighted by atomic mass is 32.2. The van der Waals surface area contributed by atoms with Crippen molar-refractivity contribution in [1.29, 1.82) is 0 Å². The van der Waals surface area contributed by atoms with E-state index in [9.17, 15) is 22.8 Å². The Balaban J connectivity index is 1.60. The molecule has 1 N–H and O–H groups in total. The van der Waals surface area contributed by atoms with E-state index in [4.69, 9.17) is 0 Å². The zero-order chi connectivity index (χ0) is 22.2. The lowest BCUT2D eigenvalue weighted by Crippen LogP contribution is -2.48. The minimum atomic E-state index is -3.24. The molecule has 2 aromatic carbocycles. The quantitative estimate of drug-likeness (QED) is 0.711. The Bertz CT molecular complexity index is 1120. The van der Waals surface area contributed by atoms with E-state index in [0.717, 1.165) is 4.90 Å². The molecule has 0 aliphatic carbocycles. The van der Waals surface area contributed by atoms with Gasteiger partial charge in [0.25, 0.3) is 5.91 Å². The summed E-state index contributed by atoms with van der Waals surface area (Å²) in [7, 11) is -3.24. The number of hydrogen-bond acceptors (Lipinski definition) is 5. The third-order valence-electron chi connectivity index (χ3n) is 5.80. The van der Waals surface area contributed by atoms with Gasteiger partial charge in [0, 0.05) is 5.69 Å². The number of nitrogens with one attached hydrogen (secondary N) is 1. The van der Waals surface area contributed by atoms with Crippen molar-refractivity contribution in [2.75, 3.05) is 23.0 Å². The molecule has 0 bridgehead atoms. The summed E-state index contributed by atoms with van der Waals surface area (Å²) in [4.78, 5) is 41.4. The second-order valence-corrected chi connectivity index (χ2v) is 10.2. The lowest BCUT2D eigenvalue weighted by atomic mass is 9.92. The van der Waals surface area contributed by atoms with Gasteiger partial charge in [-0.3, -0.25) is 14.5 Å². The van der Waals surface area contributed by atoms with E-state index >= 15 is 0 Å². The Morgan fingerprint density at radius 3 is 2.29 bits per heavy atom. The molecule has 2 aromatic rings. The zero-order valence-corrected chi connectivity index (χ0v) is 17.8. The Kier molecular flexibility index (Phi) is 5.30. The van der Waals surface area contributed by atoms with Gasteiger partial charge < -0.3 is 10.2 Å². The van der Waals surface area contributed by atoms with Gasteiger partial charge in [-0.15, -0.1) is 0 Å². The van der Waals surface area contributed by atoms with Crippen molar-refractivity contribution in [1.82, 2.24) is 10.2 Å². The van der Waals surface area contributed by atoms with E-state index in [-0.39, 0.29) is 11.5 Å². The van der Waals surface area contributed by atoms with E-state index in [1.165, 1.54) is 4.90 Å². The average Bonchev–Trinajstić information content (AvgIpc) is 3.21. The first kappa shape index (κ1) is 21.0. The molecule has 162 valence electrons. The number of benzene rings is 2. The van der Waals surface area contributed by atoms with Gasteiger partial charge in [-0.1, -0.05) is 48.5 Å². The first-order chi connectivity index (χ1) is 14.7. The number of urea groups is 1. The topological polar surface area (TPSA) is 104 Å². The minimum absolute atomic E-state index is 0.00346. The number of amides is 4. The van der Waals surface area contributed by atoms with Gasteiger partial charge in [-0.2, -0.15) is 0 Å². The van der Waals surface area contributed by atoms with E-state index in [1.807, 2.05) is 6.07 Å². The van der Waals surface area contributed by atoms with Gasteiger partial charge in [0.15, 0.2) is 9.84 Å². The van der Waals surface area contributed by atoms with Gasteiger partial charge in [-0.25, -0.2) is 13.2 Å². The van der Waals surface area contributed by atoms with Crippen LogP contribution in [0.5, 0.6) is 0 Å². The third-order valence-corrected chi connectivity index (χ3v) is 7.55. The summed E-state index contributed by atoms with van der Waals surface area (Å²) in [6, 6.07) is 16.3. The summed E-state index contributed by atoms with van der Waals surface area (Å²) >= 11 is 0. The Morgan fingerprint density at radius 1 is 1.10 bits per heavy atom. The predicted molar refractivity (Wildman–Crippen MR) is 115 cm³/mol. The van der Waals surface area contributed by atoms with Crippen LogP contribution in [0.4, 0.5) is 10.5 Å². The van der Waals surface area contributed by atoms with Crippen molar-refractivity contribution < 1.29 is 22.8 Å². The van der Waals surface area contributed by atoms with Gasteiger partial charge >= 0.3 is 6.03 Å². The van der Waals surface area contributed by atoms with E-state index in [0.29, 0.717) is 17.7 Å². The van der Waals surface area contributed by atoms with Crippen LogP contribution in [0.1, 0.15) is 18.9 Å². The van der Waals surface area contributed by atoms with Crippen molar-refractivity contribution in [2.24, 2.45) is 0 Å². The van der Waals surface area contributed by atoms with Crippen LogP contribution in [0.3, 0.4) is 0 Å². The van der Waals surface area contributed by atoms with Gasteiger partial charge in [0.1, 0.15) is 12.1 Å². The van der Waals surface area contributed by atoms with E-state index < -0.39 is 45.8 Å². The van der Waals surface area contributed by atoms with Crippen molar-refractivity contribution >= 4 is 33.4 Å². The smallest absolute Gasteiger partial charge is 0.319 e. The molecule has 0 spiro atoms. The van der Waals surface area contributed by atoms with Crippen LogP contribution < -0.4 is 10.2 Å². The fourth-order valence-electron chi connectivity index (χ4n) is 4.15. The molecular weight excluding hydrogens is 418 g/mol. The minimum Gasteiger partial charge on any atom is -0.319 e. The summed E-state index contributed by atoms with van der Waals surface area (Å²) in [5.41, 5.74) is -0.120. The van der Waals surface area contributed by atoms with Crippen LogP contribution in [-0.2, 0) is 25.0 Å². The number of sulfone groups is 1. The first-order valence-electron chi connectivity index (χ1n) is 9.98. The van der Waals surface area contributed by atoms with Gasteiger partial charge in [0.2, 0.25) is 5.91 Å². The molecular formula is C22H23N3O5S. The van der Waals surface area contributed by atoms with Crippen molar-refractivity contribution in [3.8, 4) is 0 Å². The fraction of sp³-hybridized carbons (Fsp3) is 0.318. The molecule has 8 nitrogen and oxygen atoms in total. The zero-order valence-electron chi connectivity index (χ0n) is 17.0. The fourth-order valence-corrected chi connectivity index (χ4v) is 5.85. The summed E-state index contributed by atoms with van der Waals surface area (Å²) in [5, 5.41) is 2.68.